The molecule has 0 radical (unpaired) electrons. The number of carbonyl (C=O) groups excluding carboxylic acids is 1. The molecule has 0 aliphatic carbocycles. The number of carbonyl (C=O) groups is 1. The molecule has 4 nitrogen and oxygen atoms in total. The number of rotatable bonds is 9. The van der Waals surface area contributed by atoms with Crippen molar-refractivity contribution in [3.63, 3.8) is 0 Å². The molecular weight excluding hydrogens is 398 g/mol. The van der Waals surface area contributed by atoms with E-state index in [2.05, 4.69) is 17.4 Å². The summed E-state index contributed by atoms with van der Waals surface area (Å²) in [6, 6.07) is 21.4. The number of ether oxygens (including phenoxy) is 2. The van der Waals surface area contributed by atoms with Crippen molar-refractivity contribution in [2.75, 3.05) is 18.5 Å². The van der Waals surface area contributed by atoms with E-state index >= 15 is 0 Å². The molecule has 0 saturated heterocycles. The highest BCUT2D eigenvalue weighted by Gasteiger charge is 2.10. The van der Waals surface area contributed by atoms with E-state index in [0.717, 1.165) is 24.0 Å². The van der Waals surface area contributed by atoms with Gasteiger partial charge in [-0.05, 0) is 67.6 Å². The van der Waals surface area contributed by atoms with Gasteiger partial charge in [-0.1, -0.05) is 54.1 Å². The minimum atomic E-state index is -0.249. The fraction of sp³-hybridized carbons (Fsp3) is 0.240. The van der Waals surface area contributed by atoms with E-state index < -0.39 is 0 Å². The summed E-state index contributed by atoms with van der Waals surface area (Å²) in [5, 5.41) is 3.58. The number of anilines is 1. The SMILES string of the molecule is Cc1cc(OCC(=O)Nc2ccccc2OCCCc2ccccc2)cc(C)c1Cl. The van der Waals surface area contributed by atoms with Crippen LogP contribution < -0.4 is 14.8 Å². The first-order chi connectivity index (χ1) is 14.5. The molecule has 0 heterocycles. The van der Waals surface area contributed by atoms with Crippen LogP contribution in [0.15, 0.2) is 66.7 Å². The lowest BCUT2D eigenvalue weighted by Gasteiger charge is -2.13. The van der Waals surface area contributed by atoms with Gasteiger partial charge in [0.1, 0.15) is 11.5 Å². The van der Waals surface area contributed by atoms with Crippen molar-refractivity contribution >= 4 is 23.2 Å². The second kappa shape index (κ2) is 10.7. The summed E-state index contributed by atoms with van der Waals surface area (Å²) in [7, 11) is 0. The third-order valence-electron chi connectivity index (χ3n) is 4.65. The summed E-state index contributed by atoms with van der Waals surface area (Å²) in [5.41, 5.74) is 3.75. The number of amides is 1. The van der Waals surface area contributed by atoms with Crippen molar-refractivity contribution in [2.24, 2.45) is 0 Å². The average molecular weight is 424 g/mol. The Balaban J connectivity index is 1.50. The van der Waals surface area contributed by atoms with Crippen LogP contribution in [-0.4, -0.2) is 19.1 Å². The molecule has 0 aliphatic heterocycles. The molecule has 0 fully saturated rings. The van der Waals surface area contributed by atoms with E-state index in [1.807, 2.05) is 68.4 Å². The molecule has 0 unspecified atom stereocenters. The Morgan fingerprint density at radius 3 is 2.33 bits per heavy atom. The van der Waals surface area contributed by atoms with E-state index in [9.17, 15) is 4.79 Å². The Bertz CT molecular complexity index is 966. The summed E-state index contributed by atoms with van der Waals surface area (Å²) in [6.07, 6.45) is 1.84. The van der Waals surface area contributed by atoms with Crippen molar-refractivity contribution in [1.82, 2.24) is 0 Å². The Hall–Kier alpha value is -2.98. The minimum absolute atomic E-state index is 0.0944. The molecule has 0 spiro atoms. The molecule has 0 aromatic heterocycles. The van der Waals surface area contributed by atoms with E-state index in [1.165, 1.54) is 5.56 Å². The Labute approximate surface area is 182 Å². The van der Waals surface area contributed by atoms with Gasteiger partial charge in [0.05, 0.1) is 12.3 Å². The highest BCUT2D eigenvalue weighted by Crippen LogP contribution is 2.26. The predicted molar refractivity (Wildman–Crippen MR) is 122 cm³/mol. The van der Waals surface area contributed by atoms with Crippen LogP contribution in [-0.2, 0) is 11.2 Å². The lowest BCUT2D eigenvalue weighted by molar-refractivity contribution is -0.118. The van der Waals surface area contributed by atoms with E-state index in [4.69, 9.17) is 21.1 Å². The van der Waals surface area contributed by atoms with E-state index in [1.54, 1.807) is 0 Å². The van der Waals surface area contributed by atoms with Gasteiger partial charge in [0.25, 0.3) is 5.91 Å². The normalized spacial score (nSPS) is 10.5. The van der Waals surface area contributed by atoms with Crippen LogP contribution in [0.5, 0.6) is 11.5 Å². The number of halogens is 1. The van der Waals surface area contributed by atoms with Gasteiger partial charge in [-0.2, -0.15) is 0 Å². The topological polar surface area (TPSA) is 47.6 Å². The molecule has 0 saturated carbocycles. The molecule has 3 aromatic carbocycles. The maximum Gasteiger partial charge on any atom is 0.262 e. The fourth-order valence-electron chi connectivity index (χ4n) is 3.12. The van der Waals surface area contributed by atoms with Gasteiger partial charge in [0.15, 0.2) is 6.61 Å². The number of aryl methyl sites for hydroxylation is 3. The van der Waals surface area contributed by atoms with Gasteiger partial charge in [0.2, 0.25) is 0 Å². The smallest absolute Gasteiger partial charge is 0.262 e. The zero-order valence-electron chi connectivity index (χ0n) is 17.3. The predicted octanol–water partition coefficient (Wildman–Crippen LogP) is 5.99. The Kier molecular flexibility index (Phi) is 7.75. The minimum Gasteiger partial charge on any atom is -0.491 e. The molecule has 1 amide bonds. The van der Waals surface area contributed by atoms with Crippen LogP contribution in [0.2, 0.25) is 5.02 Å². The molecule has 0 atom stereocenters. The third-order valence-corrected chi connectivity index (χ3v) is 5.25. The lowest BCUT2D eigenvalue weighted by atomic mass is 10.1. The number of para-hydroxylation sites is 2. The third kappa shape index (κ3) is 6.26. The maximum atomic E-state index is 12.4. The highest BCUT2D eigenvalue weighted by molar-refractivity contribution is 6.32. The van der Waals surface area contributed by atoms with Crippen LogP contribution in [0, 0.1) is 13.8 Å². The van der Waals surface area contributed by atoms with Crippen molar-refractivity contribution in [2.45, 2.75) is 26.7 Å². The molecular formula is C25H26ClNO3. The quantitative estimate of drug-likeness (QED) is 0.430. The second-order valence-electron chi connectivity index (χ2n) is 7.14. The average Bonchev–Trinajstić information content (AvgIpc) is 2.75. The lowest BCUT2D eigenvalue weighted by Crippen LogP contribution is -2.20. The van der Waals surface area contributed by atoms with Crippen molar-refractivity contribution in [1.29, 1.82) is 0 Å². The van der Waals surface area contributed by atoms with Crippen LogP contribution >= 0.6 is 11.6 Å². The van der Waals surface area contributed by atoms with E-state index in [-0.39, 0.29) is 12.5 Å². The van der Waals surface area contributed by atoms with Gasteiger partial charge in [-0.3, -0.25) is 4.79 Å². The maximum absolute atomic E-state index is 12.4. The summed E-state index contributed by atoms with van der Waals surface area (Å²) in [4.78, 5) is 12.4. The molecule has 3 rings (SSSR count). The standard InChI is InChI=1S/C25H26ClNO3/c1-18-15-21(16-19(2)25(18)26)30-17-24(28)27-22-12-6-7-13-23(22)29-14-8-11-20-9-4-3-5-10-20/h3-7,9-10,12-13,15-16H,8,11,14,17H2,1-2H3,(H,27,28). The van der Waals surface area contributed by atoms with Crippen LogP contribution in [0.3, 0.4) is 0 Å². The number of hydrogen-bond donors (Lipinski definition) is 1. The van der Waals surface area contributed by atoms with Crippen LogP contribution in [0.1, 0.15) is 23.1 Å². The van der Waals surface area contributed by atoms with Gasteiger partial charge >= 0.3 is 0 Å². The molecule has 0 aliphatic rings. The zero-order valence-corrected chi connectivity index (χ0v) is 18.0. The summed E-state index contributed by atoms with van der Waals surface area (Å²) >= 11 is 6.18. The fourth-order valence-corrected chi connectivity index (χ4v) is 3.23. The second-order valence-corrected chi connectivity index (χ2v) is 7.52. The number of benzene rings is 3. The van der Waals surface area contributed by atoms with Crippen LogP contribution in [0.4, 0.5) is 5.69 Å². The summed E-state index contributed by atoms with van der Waals surface area (Å²) in [5.74, 6) is 1.02. The summed E-state index contributed by atoms with van der Waals surface area (Å²) in [6.45, 7) is 4.30. The zero-order chi connectivity index (χ0) is 21.3. The monoisotopic (exact) mass is 423 g/mol. The Morgan fingerprint density at radius 1 is 0.933 bits per heavy atom. The van der Waals surface area contributed by atoms with Crippen molar-refractivity contribution in [3.05, 3.63) is 88.4 Å². The van der Waals surface area contributed by atoms with Gasteiger partial charge < -0.3 is 14.8 Å². The molecule has 0 bridgehead atoms. The molecule has 1 N–H and O–H groups in total. The molecule has 5 heteroatoms. The van der Waals surface area contributed by atoms with Gasteiger partial charge in [-0.25, -0.2) is 0 Å². The van der Waals surface area contributed by atoms with Crippen molar-refractivity contribution < 1.29 is 14.3 Å². The largest absolute Gasteiger partial charge is 0.491 e. The molecule has 156 valence electrons. The van der Waals surface area contributed by atoms with Crippen LogP contribution in [0.25, 0.3) is 0 Å². The number of nitrogens with one attached hydrogen (secondary N) is 1. The number of hydrogen-bond acceptors (Lipinski definition) is 3. The first-order valence-electron chi connectivity index (χ1n) is 9.98. The van der Waals surface area contributed by atoms with Gasteiger partial charge in [-0.15, -0.1) is 0 Å². The summed E-state index contributed by atoms with van der Waals surface area (Å²) < 4.78 is 11.5. The Morgan fingerprint density at radius 2 is 1.60 bits per heavy atom. The van der Waals surface area contributed by atoms with E-state index in [0.29, 0.717) is 28.8 Å². The first-order valence-corrected chi connectivity index (χ1v) is 10.4. The highest BCUT2D eigenvalue weighted by atomic mass is 35.5. The molecule has 30 heavy (non-hydrogen) atoms. The first kappa shape index (κ1) is 21.7. The van der Waals surface area contributed by atoms with Gasteiger partial charge in [0, 0.05) is 5.02 Å². The molecule has 3 aromatic rings. The van der Waals surface area contributed by atoms with Crippen molar-refractivity contribution in [3.8, 4) is 11.5 Å².